The van der Waals surface area contributed by atoms with Crippen LogP contribution in [0.4, 0.5) is 4.39 Å². The van der Waals surface area contributed by atoms with Gasteiger partial charge < -0.3 is 10.1 Å². The molecule has 1 aromatic carbocycles. The van der Waals surface area contributed by atoms with Crippen LogP contribution in [0.5, 0.6) is 5.75 Å². The number of ether oxygens (including phenoxy) is 1. The lowest BCUT2D eigenvalue weighted by atomic mass is 10.0. The number of thiophene rings is 1. The molecule has 0 radical (unpaired) electrons. The third-order valence-electron chi connectivity index (χ3n) is 3.10. The van der Waals surface area contributed by atoms with E-state index in [1.165, 1.54) is 13.2 Å². The first-order valence-electron chi connectivity index (χ1n) is 6.38. The Morgan fingerprint density at radius 3 is 2.70 bits per heavy atom. The third kappa shape index (κ3) is 2.97. The molecule has 0 saturated carbocycles. The van der Waals surface area contributed by atoms with Crippen LogP contribution in [0.3, 0.4) is 0 Å². The minimum atomic E-state index is -0.364. The van der Waals surface area contributed by atoms with Crippen molar-refractivity contribution < 1.29 is 9.13 Å². The quantitative estimate of drug-likeness (QED) is 0.874. The maximum atomic E-state index is 13.9. The van der Waals surface area contributed by atoms with Crippen LogP contribution in [0.1, 0.15) is 29.0 Å². The van der Waals surface area contributed by atoms with Gasteiger partial charge in [0, 0.05) is 4.88 Å². The molecule has 1 N–H and O–H groups in total. The Hall–Kier alpha value is -1.10. The zero-order chi connectivity index (χ0) is 14.7. The monoisotopic (exact) mass is 313 g/mol. The molecule has 0 bridgehead atoms. The van der Waals surface area contributed by atoms with Gasteiger partial charge in [-0.2, -0.15) is 0 Å². The lowest BCUT2D eigenvalue weighted by Crippen LogP contribution is -2.21. The Labute approximate surface area is 127 Å². The van der Waals surface area contributed by atoms with Crippen LogP contribution >= 0.6 is 22.9 Å². The van der Waals surface area contributed by atoms with E-state index in [9.17, 15) is 4.39 Å². The third-order valence-corrected chi connectivity index (χ3v) is 4.88. The molecule has 0 saturated heterocycles. The molecule has 2 rings (SSSR count). The van der Waals surface area contributed by atoms with Gasteiger partial charge in [-0.25, -0.2) is 4.39 Å². The van der Waals surface area contributed by atoms with Gasteiger partial charge in [0.05, 0.1) is 18.2 Å². The molecular weight excluding hydrogens is 297 g/mol. The number of hydrogen-bond donors (Lipinski definition) is 1. The van der Waals surface area contributed by atoms with Crippen molar-refractivity contribution in [2.24, 2.45) is 0 Å². The fourth-order valence-electron chi connectivity index (χ4n) is 2.07. The largest absolute Gasteiger partial charge is 0.494 e. The van der Waals surface area contributed by atoms with E-state index in [0.29, 0.717) is 0 Å². The average molecular weight is 314 g/mol. The Bertz CT molecular complexity index is 600. The van der Waals surface area contributed by atoms with E-state index in [1.54, 1.807) is 17.4 Å². The van der Waals surface area contributed by atoms with Crippen LogP contribution in [0.2, 0.25) is 5.02 Å². The number of nitrogens with one attached hydrogen (secondary N) is 1. The van der Waals surface area contributed by atoms with Gasteiger partial charge >= 0.3 is 0 Å². The molecule has 20 heavy (non-hydrogen) atoms. The molecule has 1 aromatic heterocycles. The van der Waals surface area contributed by atoms with Crippen molar-refractivity contribution in [2.75, 3.05) is 13.7 Å². The highest BCUT2D eigenvalue weighted by Gasteiger charge is 2.20. The normalized spacial score (nSPS) is 12.4. The molecule has 2 nitrogen and oxygen atoms in total. The summed E-state index contributed by atoms with van der Waals surface area (Å²) in [6.45, 7) is 4.76. The number of benzene rings is 1. The van der Waals surface area contributed by atoms with Gasteiger partial charge in [-0.1, -0.05) is 24.6 Å². The fraction of sp³-hybridized carbons (Fsp3) is 0.333. The van der Waals surface area contributed by atoms with Gasteiger partial charge in [0.2, 0.25) is 0 Å². The number of methoxy groups -OCH3 is 1. The second kappa shape index (κ2) is 6.57. The van der Waals surface area contributed by atoms with Gasteiger partial charge in [0.1, 0.15) is 0 Å². The molecule has 1 atom stereocenters. The molecule has 0 spiro atoms. The second-order valence-corrected chi connectivity index (χ2v) is 5.77. The van der Waals surface area contributed by atoms with Crippen molar-refractivity contribution in [3.05, 3.63) is 50.4 Å². The van der Waals surface area contributed by atoms with E-state index >= 15 is 0 Å². The second-order valence-electron chi connectivity index (χ2n) is 4.48. The maximum Gasteiger partial charge on any atom is 0.165 e. The molecule has 1 heterocycles. The highest BCUT2D eigenvalue weighted by Crippen LogP contribution is 2.36. The summed E-state index contributed by atoms with van der Waals surface area (Å²) < 4.78 is 18.8. The SMILES string of the molecule is CCNC(c1ccc(OC)c(F)c1)c1scc(C)c1Cl. The van der Waals surface area contributed by atoms with Crippen LogP contribution < -0.4 is 10.1 Å². The van der Waals surface area contributed by atoms with E-state index in [4.69, 9.17) is 16.3 Å². The highest BCUT2D eigenvalue weighted by molar-refractivity contribution is 7.10. The number of halogens is 2. The zero-order valence-electron chi connectivity index (χ0n) is 11.7. The molecule has 0 aliphatic rings. The van der Waals surface area contributed by atoms with Crippen LogP contribution in [0, 0.1) is 12.7 Å². The van der Waals surface area contributed by atoms with E-state index < -0.39 is 0 Å². The summed E-state index contributed by atoms with van der Waals surface area (Å²) in [7, 11) is 1.46. The first-order valence-corrected chi connectivity index (χ1v) is 7.64. The molecular formula is C15H17ClFNOS. The minimum absolute atomic E-state index is 0.105. The summed E-state index contributed by atoms with van der Waals surface area (Å²) in [6, 6.07) is 4.90. The van der Waals surface area contributed by atoms with E-state index in [-0.39, 0.29) is 17.6 Å². The van der Waals surface area contributed by atoms with Crippen molar-refractivity contribution in [2.45, 2.75) is 19.9 Å². The van der Waals surface area contributed by atoms with Crippen molar-refractivity contribution >= 4 is 22.9 Å². The molecule has 1 unspecified atom stereocenters. The van der Waals surface area contributed by atoms with Crippen LogP contribution in [-0.2, 0) is 0 Å². The number of hydrogen-bond acceptors (Lipinski definition) is 3. The molecule has 5 heteroatoms. The molecule has 0 aliphatic heterocycles. The summed E-state index contributed by atoms with van der Waals surface area (Å²) >= 11 is 7.93. The van der Waals surface area contributed by atoms with Crippen molar-refractivity contribution in [3.63, 3.8) is 0 Å². The van der Waals surface area contributed by atoms with Gasteiger partial charge in [-0.05, 0) is 42.1 Å². The summed E-state index contributed by atoms with van der Waals surface area (Å²) in [5.41, 5.74) is 1.89. The van der Waals surface area contributed by atoms with Crippen LogP contribution in [0.25, 0.3) is 0 Å². The standard InChI is InChI=1S/C15H17ClFNOS/c1-4-18-14(15-13(16)9(2)8-20-15)10-5-6-12(19-3)11(17)7-10/h5-8,14,18H,4H2,1-3H3. The fourth-order valence-corrected chi connectivity index (χ4v) is 3.48. The number of rotatable bonds is 5. The van der Waals surface area contributed by atoms with Crippen molar-refractivity contribution in [3.8, 4) is 5.75 Å². The van der Waals surface area contributed by atoms with E-state index in [2.05, 4.69) is 5.32 Å². The van der Waals surface area contributed by atoms with Crippen LogP contribution in [0.15, 0.2) is 23.6 Å². The van der Waals surface area contributed by atoms with Crippen molar-refractivity contribution in [1.29, 1.82) is 0 Å². The molecule has 0 amide bonds. The Balaban J connectivity index is 2.43. The number of aryl methyl sites for hydroxylation is 1. The first-order chi connectivity index (χ1) is 9.58. The minimum Gasteiger partial charge on any atom is -0.494 e. The zero-order valence-corrected chi connectivity index (χ0v) is 13.2. The van der Waals surface area contributed by atoms with Gasteiger partial charge in [-0.15, -0.1) is 11.3 Å². The highest BCUT2D eigenvalue weighted by atomic mass is 35.5. The topological polar surface area (TPSA) is 21.3 Å². The van der Waals surface area contributed by atoms with Crippen LogP contribution in [-0.4, -0.2) is 13.7 Å². The predicted molar refractivity (Wildman–Crippen MR) is 82.5 cm³/mol. The smallest absolute Gasteiger partial charge is 0.165 e. The first kappa shape index (κ1) is 15.3. The van der Waals surface area contributed by atoms with Gasteiger partial charge in [0.25, 0.3) is 0 Å². The van der Waals surface area contributed by atoms with Gasteiger partial charge in [0.15, 0.2) is 11.6 Å². The van der Waals surface area contributed by atoms with E-state index in [0.717, 1.165) is 27.6 Å². The van der Waals surface area contributed by atoms with Crippen molar-refractivity contribution in [1.82, 2.24) is 5.32 Å². The average Bonchev–Trinajstić information content (AvgIpc) is 2.76. The lowest BCUT2D eigenvalue weighted by molar-refractivity contribution is 0.386. The Morgan fingerprint density at radius 1 is 1.45 bits per heavy atom. The summed E-state index contributed by atoms with van der Waals surface area (Å²) in [6.07, 6.45) is 0. The molecule has 0 aliphatic carbocycles. The van der Waals surface area contributed by atoms with Gasteiger partial charge in [-0.3, -0.25) is 0 Å². The Morgan fingerprint density at radius 2 is 2.20 bits per heavy atom. The molecule has 0 fully saturated rings. The summed E-state index contributed by atoms with van der Waals surface area (Å²) in [4.78, 5) is 1.01. The Kier molecular flexibility index (Phi) is 5.02. The molecule has 108 valence electrons. The summed E-state index contributed by atoms with van der Waals surface area (Å²) in [5.74, 6) is -0.116. The summed E-state index contributed by atoms with van der Waals surface area (Å²) in [5, 5.41) is 6.12. The maximum absolute atomic E-state index is 13.9. The predicted octanol–water partition coefficient (Wildman–Crippen LogP) is 4.56. The lowest BCUT2D eigenvalue weighted by Gasteiger charge is -2.18. The van der Waals surface area contributed by atoms with E-state index in [1.807, 2.05) is 25.3 Å². The molecule has 2 aromatic rings.